The molecule has 0 unspecified atom stereocenters. The Hall–Kier alpha value is -5.59. The Kier molecular flexibility index (Phi) is 9.52. The van der Waals surface area contributed by atoms with Crippen molar-refractivity contribution in [3.8, 4) is 16.9 Å². The summed E-state index contributed by atoms with van der Waals surface area (Å²) in [6.45, 7) is 7.11. The van der Waals surface area contributed by atoms with Crippen LogP contribution in [0.25, 0.3) is 27.6 Å². The van der Waals surface area contributed by atoms with Crippen LogP contribution in [0.3, 0.4) is 0 Å². The SMILES string of the molecule is CCc1cc(C)ncc1-c1cc(C2=CCCN(C(=O)CCn3ccnn3)C2)c(F)c2[nH]c(C(=O)N3CCN(c4ccc(F)cc4OC)CC3)cc12. The van der Waals surface area contributed by atoms with Gasteiger partial charge in [0.2, 0.25) is 5.91 Å². The van der Waals surface area contributed by atoms with Gasteiger partial charge in [0.15, 0.2) is 5.82 Å². The number of ether oxygens (including phenoxy) is 1. The number of nitrogens with zero attached hydrogens (tertiary/aromatic N) is 7. The molecule has 2 aliphatic rings. The number of aromatic nitrogens is 5. The topological polar surface area (TPSA) is 112 Å². The number of carbonyl (C=O) groups is 2. The zero-order valence-electron chi connectivity index (χ0n) is 29.0. The van der Waals surface area contributed by atoms with E-state index in [4.69, 9.17) is 4.74 Å². The fourth-order valence-electron chi connectivity index (χ4n) is 7.09. The molecule has 2 aliphatic heterocycles. The molecule has 51 heavy (non-hydrogen) atoms. The highest BCUT2D eigenvalue weighted by molar-refractivity contribution is 6.05. The molecule has 1 N–H and O–H groups in total. The number of benzene rings is 2. The maximum Gasteiger partial charge on any atom is 0.270 e. The smallest absolute Gasteiger partial charge is 0.270 e. The Morgan fingerprint density at radius 2 is 1.80 bits per heavy atom. The lowest BCUT2D eigenvalue weighted by Crippen LogP contribution is -2.49. The van der Waals surface area contributed by atoms with Crippen LogP contribution in [0.2, 0.25) is 0 Å². The van der Waals surface area contributed by atoms with E-state index in [0.29, 0.717) is 68.0 Å². The number of hydrogen-bond acceptors (Lipinski definition) is 7. The maximum atomic E-state index is 16.7. The number of carbonyl (C=O) groups excluding carboxylic acids is 2. The van der Waals surface area contributed by atoms with Crippen LogP contribution in [0.1, 0.15) is 47.1 Å². The van der Waals surface area contributed by atoms with Crippen molar-refractivity contribution in [2.45, 2.75) is 39.7 Å². The van der Waals surface area contributed by atoms with Gasteiger partial charge in [-0.05, 0) is 66.8 Å². The first-order valence-corrected chi connectivity index (χ1v) is 17.2. The Labute approximate surface area is 294 Å². The van der Waals surface area contributed by atoms with Crippen molar-refractivity contribution < 1.29 is 23.1 Å². The van der Waals surface area contributed by atoms with Crippen LogP contribution in [-0.2, 0) is 17.8 Å². The molecule has 0 atom stereocenters. The molecule has 5 heterocycles. The standard InChI is InChI=1S/C38H40F2N8O3/c1-4-25-18-24(2)41-22-31(25)29-20-28(26-6-5-11-47(23-26)35(49)9-12-48-13-10-42-44-48)36(40)37-30(29)21-32(43-37)38(50)46-16-14-45(15-17-46)33-8-7-27(39)19-34(33)51-3/h6-8,10,13,18-22,43H,4-5,9,11-12,14-17,23H2,1-3H3. The minimum atomic E-state index is -0.470. The zero-order chi connectivity index (χ0) is 35.6. The number of anilines is 1. The van der Waals surface area contributed by atoms with E-state index in [1.165, 1.54) is 19.2 Å². The molecule has 2 amide bonds. The van der Waals surface area contributed by atoms with Crippen LogP contribution in [0.5, 0.6) is 5.75 Å². The molecule has 264 valence electrons. The van der Waals surface area contributed by atoms with Gasteiger partial charge in [0.25, 0.3) is 5.91 Å². The molecule has 7 rings (SSSR count). The van der Waals surface area contributed by atoms with E-state index < -0.39 is 5.82 Å². The number of aryl methyl sites for hydroxylation is 3. The third-order valence-corrected chi connectivity index (χ3v) is 9.81. The van der Waals surface area contributed by atoms with Crippen molar-refractivity contribution in [1.29, 1.82) is 0 Å². The van der Waals surface area contributed by atoms with E-state index in [-0.39, 0.29) is 41.8 Å². The molecular weight excluding hydrogens is 654 g/mol. The van der Waals surface area contributed by atoms with E-state index in [1.807, 2.05) is 31.3 Å². The highest BCUT2D eigenvalue weighted by Crippen LogP contribution is 2.38. The molecule has 13 heteroatoms. The van der Waals surface area contributed by atoms with Crippen molar-refractivity contribution in [2.75, 3.05) is 51.3 Å². The van der Waals surface area contributed by atoms with Crippen LogP contribution in [0.15, 0.2) is 61.1 Å². The lowest BCUT2D eigenvalue weighted by molar-refractivity contribution is -0.131. The monoisotopic (exact) mass is 694 g/mol. The second-order valence-corrected chi connectivity index (χ2v) is 12.9. The van der Waals surface area contributed by atoms with Crippen molar-refractivity contribution in [1.82, 2.24) is 34.8 Å². The largest absolute Gasteiger partial charge is 0.494 e. The Morgan fingerprint density at radius 3 is 2.55 bits per heavy atom. The minimum Gasteiger partial charge on any atom is -0.494 e. The van der Waals surface area contributed by atoms with E-state index >= 15 is 4.39 Å². The lowest BCUT2D eigenvalue weighted by atomic mass is 9.91. The van der Waals surface area contributed by atoms with Gasteiger partial charge in [-0.25, -0.2) is 8.78 Å². The first-order valence-electron chi connectivity index (χ1n) is 17.2. The lowest BCUT2D eigenvalue weighted by Gasteiger charge is -2.36. The molecule has 0 saturated carbocycles. The van der Waals surface area contributed by atoms with Gasteiger partial charge >= 0.3 is 0 Å². The van der Waals surface area contributed by atoms with E-state index in [9.17, 15) is 14.0 Å². The maximum absolute atomic E-state index is 16.7. The Morgan fingerprint density at radius 1 is 0.980 bits per heavy atom. The highest BCUT2D eigenvalue weighted by Gasteiger charge is 2.28. The number of nitrogens with one attached hydrogen (secondary N) is 1. The highest BCUT2D eigenvalue weighted by atomic mass is 19.1. The number of hydrogen-bond donors (Lipinski definition) is 1. The van der Waals surface area contributed by atoms with Crippen molar-refractivity contribution >= 4 is 34.0 Å². The minimum absolute atomic E-state index is 0.0421. The van der Waals surface area contributed by atoms with Crippen LogP contribution < -0.4 is 9.64 Å². The first-order chi connectivity index (χ1) is 24.7. The summed E-state index contributed by atoms with van der Waals surface area (Å²) < 4.78 is 37.6. The van der Waals surface area contributed by atoms with Crippen LogP contribution in [0, 0.1) is 18.6 Å². The average molecular weight is 695 g/mol. The third-order valence-electron chi connectivity index (χ3n) is 9.81. The average Bonchev–Trinajstić information content (AvgIpc) is 3.85. The van der Waals surface area contributed by atoms with Gasteiger partial charge in [0, 0.05) is 86.4 Å². The molecule has 1 saturated heterocycles. The molecule has 11 nitrogen and oxygen atoms in total. The summed E-state index contributed by atoms with van der Waals surface area (Å²) >= 11 is 0. The van der Waals surface area contributed by atoms with Crippen LogP contribution in [-0.4, -0.2) is 93.0 Å². The van der Waals surface area contributed by atoms with Crippen molar-refractivity contribution in [2.24, 2.45) is 0 Å². The van der Waals surface area contributed by atoms with Gasteiger partial charge in [-0.1, -0.05) is 18.2 Å². The van der Waals surface area contributed by atoms with Gasteiger partial charge < -0.3 is 24.4 Å². The molecule has 0 aliphatic carbocycles. The second-order valence-electron chi connectivity index (χ2n) is 12.9. The zero-order valence-corrected chi connectivity index (χ0v) is 29.0. The number of rotatable bonds is 9. The molecule has 5 aromatic rings. The second kappa shape index (κ2) is 14.3. The fourth-order valence-corrected chi connectivity index (χ4v) is 7.09. The molecule has 3 aromatic heterocycles. The van der Waals surface area contributed by atoms with E-state index in [1.54, 1.807) is 39.0 Å². The predicted octanol–water partition coefficient (Wildman–Crippen LogP) is 5.65. The molecule has 0 radical (unpaired) electrons. The molecule has 0 spiro atoms. The quantitative estimate of drug-likeness (QED) is 0.212. The van der Waals surface area contributed by atoms with Gasteiger partial charge in [-0.2, -0.15) is 0 Å². The summed E-state index contributed by atoms with van der Waals surface area (Å²) in [5.41, 5.74) is 5.96. The number of halogens is 2. The number of methoxy groups -OCH3 is 1. The van der Waals surface area contributed by atoms with E-state index in [0.717, 1.165) is 34.5 Å². The number of pyridine rings is 1. The Balaban J connectivity index is 1.20. The summed E-state index contributed by atoms with van der Waals surface area (Å²) in [6, 6.07) is 10.1. The fraction of sp³-hybridized carbons (Fsp3) is 0.342. The number of fused-ring (bicyclic) bond motifs is 1. The molecule has 0 bridgehead atoms. The normalized spacial score (nSPS) is 15.0. The van der Waals surface area contributed by atoms with Crippen LogP contribution in [0.4, 0.5) is 14.5 Å². The predicted molar refractivity (Wildman–Crippen MR) is 190 cm³/mol. The number of H-pyrrole nitrogens is 1. The number of amides is 2. The number of aromatic amines is 1. The number of piperazine rings is 1. The molecule has 1 fully saturated rings. The third kappa shape index (κ3) is 6.80. The summed E-state index contributed by atoms with van der Waals surface area (Å²) in [4.78, 5) is 40.5. The summed E-state index contributed by atoms with van der Waals surface area (Å²) in [5, 5.41) is 8.33. The van der Waals surface area contributed by atoms with Crippen LogP contribution >= 0.6 is 0 Å². The summed E-state index contributed by atoms with van der Waals surface area (Å²) in [6.07, 6.45) is 8.68. The van der Waals surface area contributed by atoms with Gasteiger partial charge in [0.05, 0.1) is 31.1 Å². The van der Waals surface area contributed by atoms with E-state index in [2.05, 4.69) is 32.1 Å². The van der Waals surface area contributed by atoms with Gasteiger partial charge in [0.1, 0.15) is 17.3 Å². The van der Waals surface area contributed by atoms with Gasteiger partial charge in [-0.15, -0.1) is 5.10 Å². The summed E-state index contributed by atoms with van der Waals surface area (Å²) in [5.74, 6) is -0.687. The van der Waals surface area contributed by atoms with Crippen molar-refractivity contribution in [3.63, 3.8) is 0 Å². The first kappa shape index (κ1) is 33.9. The van der Waals surface area contributed by atoms with Gasteiger partial charge in [-0.3, -0.25) is 19.3 Å². The van der Waals surface area contributed by atoms with Crippen molar-refractivity contribution in [3.05, 3.63) is 95.2 Å². The Bertz CT molecular complexity index is 2120. The molecule has 2 aromatic carbocycles. The summed E-state index contributed by atoms with van der Waals surface area (Å²) in [7, 11) is 1.51. The molecular formula is C38H40F2N8O3.